The van der Waals surface area contributed by atoms with E-state index in [0.717, 1.165) is 22.4 Å². The first-order valence-corrected chi connectivity index (χ1v) is 9.15. The molecule has 0 radical (unpaired) electrons. The molecular formula is C22H19N5O2. The normalized spacial score (nSPS) is 10.7. The van der Waals surface area contributed by atoms with E-state index in [-0.39, 0.29) is 11.3 Å². The van der Waals surface area contributed by atoms with Gasteiger partial charge in [-0.15, -0.1) is 0 Å². The smallest absolute Gasteiger partial charge is 0.277 e. The summed E-state index contributed by atoms with van der Waals surface area (Å²) in [6.45, 7) is 2.52. The Kier molecular flexibility index (Phi) is 5.03. The Bertz CT molecular complexity index is 1190. The number of aromatic nitrogens is 4. The van der Waals surface area contributed by atoms with Crippen LogP contribution in [-0.4, -0.2) is 25.9 Å². The lowest BCUT2D eigenvalue weighted by Crippen LogP contribution is -2.19. The summed E-state index contributed by atoms with van der Waals surface area (Å²) < 4.78 is 1.75. The molecular weight excluding hydrogens is 366 g/mol. The van der Waals surface area contributed by atoms with Crippen LogP contribution in [0.15, 0.2) is 77.6 Å². The molecule has 2 N–H and O–H groups in total. The van der Waals surface area contributed by atoms with Crippen LogP contribution in [0.4, 0.5) is 5.82 Å². The molecule has 0 saturated carbocycles. The summed E-state index contributed by atoms with van der Waals surface area (Å²) in [5.41, 5.74) is 3.68. The highest BCUT2D eigenvalue weighted by Gasteiger charge is 2.15. The first-order valence-electron chi connectivity index (χ1n) is 9.15. The average molecular weight is 385 g/mol. The second kappa shape index (κ2) is 7.93. The van der Waals surface area contributed by atoms with Crippen molar-refractivity contribution in [3.63, 3.8) is 0 Å². The van der Waals surface area contributed by atoms with E-state index in [1.165, 1.54) is 12.1 Å². The van der Waals surface area contributed by atoms with Gasteiger partial charge in [-0.25, -0.2) is 9.78 Å². The number of amides is 1. The van der Waals surface area contributed by atoms with Gasteiger partial charge in [0.2, 0.25) is 0 Å². The zero-order chi connectivity index (χ0) is 20.2. The lowest BCUT2D eigenvalue weighted by molar-refractivity contribution is 0.102. The molecule has 0 aliphatic heterocycles. The van der Waals surface area contributed by atoms with Crippen molar-refractivity contribution in [2.75, 3.05) is 5.32 Å². The lowest BCUT2D eigenvalue weighted by Gasteiger charge is -2.08. The summed E-state index contributed by atoms with van der Waals surface area (Å²) >= 11 is 0. The van der Waals surface area contributed by atoms with Crippen molar-refractivity contribution in [2.45, 2.75) is 13.5 Å². The number of H-pyrrole nitrogens is 1. The molecule has 2 aromatic heterocycles. The molecule has 2 heterocycles. The Morgan fingerprint density at radius 1 is 1.03 bits per heavy atom. The molecule has 0 aliphatic carbocycles. The number of anilines is 1. The van der Waals surface area contributed by atoms with Crippen molar-refractivity contribution < 1.29 is 4.79 Å². The summed E-state index contributed by atoms with van der Waals surface area (Å²) in [6.07, 6.45) is 0. The first kappa shape index (κ1) is 18.4. The molecule has 0 atom stereocenters. The maximum absolute atomic E-state index is 12.6. The summed E-state index contributed by atoms with van der Waals surface area (Å²) in [6, 6.07) is 22.3. The van der Waals surface area contributed by atoms with Gasteiger partial charge in [0.15, 0.2) is 0 Å². The highest BCUT2D eigenvalue weighted by Crippen LogP contribution is 2.25. The van der Waals surface area contributed by atoms with Gasteiger partial charge in [-0.05, 0) is 24.1 Å². The molecule has 2 aromatic carbocycles. The van der Waals surface area contributed by atoms with Gasteiger partial charge in [0.1, 0.15) is 11.5 Å². The number of nitrogens with zero attached hydrogens (tertiary/aromatic N) is 3. The molecule has 0 fully saturated rings. The number of benzene rings is 2. The molecule has 0 aliphatic rings. The van der Waals surface area contributed by atoms with Gasteiger partial charge in [0.05, 0.1) is 12.2 Å². The van der Waals surface area contributed by atoms with Crippen molar-refractivity contribution in [2.24, 2.45) is 0 Å². The molecule has 0 saturated heterocycles. The fourth-order valence-corrected chi connectivity index (χ4v) is 3.04. The fourth-order valence-electron chi connectivity index (χ4n) is 3.04. The van der Waals surface area contributed by atoms with Crippen molar-refractivity contribution in [3.05, 3.63) is 100.0 Å². The molecule has 4 rings (SSSR count). The highest BCUT2D eigenvalue weighted by molar-refractivity contribution is 6.02. The number of aromatic amines is 1. The Balaban J connectivity index is 1.70. The molecule has 7 heteroatoms. The molecule has 1 amide bonds. The quantitative estimate of drug-likeness (QED) is 0.552. The van der Waals surface area contributed by atoms with Crippen LogP contribution in [0.2, 0.25) is 0 Å². The van der Waals surface area contributed by atoms with Gasteiger partial charge in [-0.2, -0.15) is 10.2 Å². The predicted octanol–water partition coefficient (Wildman–Crippen LogP) is 3.24. The van der Waals surface area contributed by atoms with E-state index in [4.69, 9.17) is 5.10 Å². The SMILES string of the molecule is Cc1ccccc1-c1cc(NC(=O)c2ccc(=O)[nH]n2)n(Cc2ccccc2)n1. The maximum atomic E-state index is 12.6. The summed E-state index contributed by atoms with van der Waals surface area (Å²) in [5.74, 6) is 0.122. The van der Waals surface area contributed by atoms with Crippen LogP contribution in [0, 0.1) is 6.92 Å². The van der Waals surface area contributed by atoms with E-state index in [9.17, 15) is 9.59 Å². The van der Waals surface area contributed by atoms with Crippen LogP contribution >= 0.6 is 0 Å². The van der Waals surface area contributed by atoms with Gasteiger partial charge in [0.25, 0.3) is 11.5 Å². The van der Waals surface area contributed by atoms with Gasteiger partial charge >= 0.3 is 0 Å². The molecule has 4 aromatic rings. The summed E-state index contributed by atoms with van der Waals surface area (Å²) in [4.78, 5) is 23.8. The average Bonchev–Trinajstić information content (AvgIpc) is 3.11. The van der Waals surface area contributed by atoms with Crippen molar-refractivity contribution in [1.82, 2.24) is 20.0 Å². The van der Waals surface area contributed by atoms with Crippen LogP contribution in [0.25, 0.3) is 11.3 Å². The van der Waals surface area contributed by atoms with Crippen LogP contribution in [0.3, 0.4) is 0 Å². The molecule has 0 unspecified atom stereocenters. The van der Waals surface area contributed by atoms with E-state index in [1.807, 2.05) is 67.6 Å². The third kappa shape index (κ3) is 4.14. The summed E-state index contributed by atoms with van der Waals surface area (Å²) in [7, 11) is 0. The Labute approximate surface area is 167 Å². The summed E-state index contributed by atoms with van der Waals surface area (Å²) in [5, 5.41) is 13.6. The van der Waals surface area contributed by atoms with Crippen LogP contribution in [0.5, 0.6) is 0 Å². The highest BCUT2D eigenvalue weighted by atomic mass is 16.2. The maximum Gasteiger partial charge on any atom is 0.277 e. The Morgan fingerprint density at radius 3 is 2.52 bits per heavy atom. The fraction of sp³-hybridized carbons (Fsp3) is 0.0909. The topological polar surface area (TPSA) is 92.7 Å². The third-order valence-electron chi connectivity index (χ3n) is 4.53. The second-order valence-corrected chi connectivity index (χ2v) is 6.63. The van der Waals surface area contributed by atoms with Crippen molar-refractivity contribution in [3.8, 4) is 11.3 Å². The Hall–Kier alpha value is -4.00. The molecule has 0 bridgehead atoms. The monoisotopic (exact) mass is 385 g/mol. The minimum absolute atomic E-state index is 0.120. The largest absolute Gasteiger partial charge is 0.305 e. The van der Waals surface area contributed by atoms with E-state index < -0.39 is 5.91 Å². The van der Waals surface area contributed by atoms with Gasteiger partial charge in [0, 0.05) is 17.7 Å². The van der Waals surface area contributed by atoms with Gasteiger partial charge in [-0.1, -0.05) is 54.6 Å². The molecule has 0 spiro atoms. The zero-order valence-corrected chi connectivity index (χ0v) is 15.8. The predicted molar refractivity (Wildman–Crippen MR) is 111 cm³/mol. The number of hydrogen-bond donors (Lipinski definition) is 2. The number of carbonyl (C=O) groups excluding carboxylic acids is 1. The lowest BCUT2D eigenvalue weighted by atomic mass is 10.1. The number of nitrogens with one attached hydrogen (secondary N) is 2. The number of rotatable bonds is 5. The van der Waals surface area contributed by atoms with Gasteiger partial charge < -0.3 is 5.32 Å². The molecule has 29 heavy (non-hydrogen) atoms. The van der Waals surface area contributed by atoms with Crippen LogP contribution in [0.1, 0.15) is 21.6 Å². The van der Waals surface area contributed by atoms with E-state index in [1.54, 1.807) is 4.68 Å². The Morgan fingerprint density at radius 2 is 1.79 bits per heavy atom. The number of carbonyl (C=O) groups is 1. The molecule has 144 valence electrons. The van der Waals surface area contributed by atoms with E-state index >= 15 is 0 Å². The second-order valence-electron chi connectivity index (χ2n) is 6.63. The van der Waals surface area contributed by atoms with Crippen molar-refractivity contribution in [1.29, 1.82) is 0 Å². The third-order valence-corrected chi connectivity index (χ3v) is 4.53. The van der Waals surface area contributed by atoms with E-state index in [0.29, 0.717) is 12.4 Å². The van der Waals surface area contributed by atoms with Crippen molar-refractivity contribution >= 4 is 11.7 Å². The number of hydrogen-bond acceptors (Lipinski definition) is 4. The minimum atomic E-state index is -0.424. The van der Waals surface area contributed by atoms with E-state index in [2.05, 4.69) is 15.5 Å². The van der Waals surface area contributed by atoms with Crippen LogP contribution in [-0.2, 0) is 6.54 Å². The standard InChI is InChI=1S/C22H19N5O2/c1-15-7-5-6-10-17(15)19-13-20(23-22(29)18-11-12-21(28)25-24-18)27(26-19)14-16-8-3-2-4-9-16/h2-13H,14H2,1H3,(H,23,29)(H,25,28). The van der Waals surface area contributed by atoms with Crippen LogP contribution < -0.4 is 10.9 Å². The number of aryl methyl sites for hydroxylation is 1. The first-order chi connectivity index (χ1) is 14.1. The molecule has 7 nitrogen and oxygen atoms in total. The minimum Gasteiger partial charge on any atom is -0.305 e. The van der Waals surface area contributed by atoms with Gasteiger partial charge in [-0.3, -0.25) is 9.59 Å². The zero-order valence-electron chi connectivity index (χ0n) is 15.8.